The Hall–Kier alpha value is -0.550. The number of nitrogens with two attached hydrogens (primary N) is 1. The first-order valence-electron chi connectivity index (χ1n) is 6.04. The molecule has 0 amide bonds. The molecule has 1 unspecified atom stereocenters. The third-order valence-electron chi connectivity index (χ3n) is 3.05. The molecule has 0 heterocycles. The van der Waals surface area contributed by atoms with Crippen LogP contribution in [0.15, 0.2) is 45.3 Å². The summed E-state index contributed by atoms with van der Waals surface area (Å²) in [6.07, 6.45) is 0.657. The fourth-order valence-corrected chi connectivity index (χ4v) is 3.12. The van der Waals surface area contributed by atoms with Crippen molar-refractivity contribution < 1.29 is 4.74 Å². The average molecular weight is 420 g/mol. The smallest absolute Gasteiger partial charge is 0.124 e. The molecule has 2 rings (SSSR count). The van der Waals surface area contributed by atoms with Crippen LogP contribution in [0, 0.1) is 0 Å². The van der Waals surface area contributed by atoms with Gasteiger partial charge in [0, 0.05) is 25.6 Å². The van der Waals surface area contributed by atoms with Crippen LogP contribution in [0.25, 0.3) is 0 Å². The molecule has 0 aliphatic carbocycles. The van der Waals surface area contributed by atoms with Gasteiger partial charge < -0.3 is 10.5 Å². The van der Waals surface area contributed by atoms with Crippen LogP contribution in [-0.2, 0) is 6.42 Å². The summed E-state index contributed by atoms with van der Waals surface area (Å²) in [7, 11) is 1.64. The lowest BCUT2D eigenvalue weighted by Crippen LogP contribution is -2.14. The molecule has 0 saturated carbocycles. The van der Waals surface area contributed by atoms with Crippen molar-refractivity contribution >= 4 is 43.5 Å². The van der Waals surface area contributed by atoms with Crippen molar-refractivity contribution in [3.05, 3.63) is 61.5 Å². The summed E-state index contributed by atoms with van der Waals surface area (Å²) in [5.41, 5.74) is 8.28. The first kappa shape index (κ1) is 15.8. The summed E-state index contributed by atoms with van der Waals surface area (Å²) in [6.45, 7) is 0. The Balaban J connectivity index is 2.25. The van der Waals surface area contributed by atoms with Crippen LogP contribution >= 0.6 is 43.5 Å². The second-order valence-corrected chi connectivity index (χ2v) is 6.67. The summed E-state index contributed by atoms with van der Waals surface area (Å²) in [5, 5.41) is 0.714. The van der Waals surface area contributed by atoms with Crippen molar-refractivity contribution in [2.75, 3.05) is 7.11 Å². The molecule has 2 N–H and O–H groups in total. The summed E-state index contributed by atoms with van der Waals surface area (Å²) in [4.78, 5) is 0. The minimum atomic E-state index is -0.170. The average Bonchev–Trinajstić information content (AvgIpc) is 2.41. The fraction of sp³-hybridized carbons (Fsp3) is 0.200. The molecular formula is C15H14Br2ClNO. The van der Waals surface area contributed by atoms with Crippen LogP contribution in [-0.4, -0.2) is 7.11 Å². The molecule has 1 atom stereocenters. The van der Waals surface area contributed by atoms with Crippen molar-refractivity contribution in [1.82, 2.24) is 0 Å². The molecule has 0 radical (unpaired) electrons. The third-order valence-corrected chi connectivity index (χ3v) is 4.39. The summed E-state index contributed by atoms with van der Waals surface area (Å²) < 4.78 is 7.31. The van der Waals surface area contributed by atoms with E-state index < -0.39 is 0 Å². The number of rotatable bonds is 4. The van der Waals surface area contributed by atoms with Crippen LogP contribution in [0.2, 0.25) is 5.02 Å². The van der Waals surface area contributed by atoms with Crippen molar-refractivity contribution in [1.29, 1.82) is 0 Å². The Bertz CT molecular complexity index is 619. The molecule has 2 aromatic rings. The molecule has 0 aliphatic rings. The van der Waals surface area contributed by atoms with E-state index in [9.17, 15) is 0 Å². The zero-order valence-electron chi connectivity index (χ0n) is 10.9. The number of hydrogen-bond acceptors (Lipinski definition) is 2. The van der Waals surface area contributed by atoms with Crippen molar-refractivity contribution in [3.8, 4) is 5.75 Å². The normalized spacial score (nSPS) is 12.2. The maximum absolute atomic E-state index is 6.29. The highest BCUT2D eigenvalue weighted by atomic mass is 79.9. The molecule has 0 fully saturated rings. The van der Waals surface area contributed by atoms with Crippen molar-refractivity contribution in [2.45, 2.75) is 12.5 Å². The van der Waals surface area contributed by atoms with E-state index in [1.807, 2.05) is 36.4 Å². The van der Waals surface area contributed by atoms with E-state index in [-0.39, 0.29) is 6.04 Å². The van der Waals surface area contributed by atoms with E-state index in [1.54, 1.807) is 7.11 Å². The largest absolute Gasteiger partial charge is 0.496 e. The number of benzene rings is 2. The predicted molar refractivity (Wildman–Crippen MR) is 90.5 cm³/mol. The van der Waals surface area contributed by atoms with Gasteiger partial charge in [0.15, 0.2) is 0 Å². The van der Waals surface area contributed by atoms with E-state index >= 15 is 0 Å². The number of hydrogen-bond donors (Lipinski definition) is 1. The van der Waals surface area contributed by atoms with E-state index in [2.05, 4.69) is 31.9 Å². The van der Waals surface area contributed by atoms with Gasteiger partial charge >= 0.3 is 0 Å². The van der Waals surface area contributed by atoms with Gasteiger partial charge in [-0.15, -0.1) is 0 Å². The predicted octanol–water partition coefficient (Wildman–Crippen LogP) is 5.12. The molecule has 0 aromatic heterocycles. The summed E-state index contributed by atoms with van der Waals surface area (Å²) in [6, 6.07) is 11.5. The standard InChI is InChI=1S/C15H14Br2ClNO/c1-20-15-8-11(17)4-5-12(15)14(19)6-9-2-3-10(16)7-13(9)18/h2-5,7-8,14H,6,19H2,1H3. The molecule has 0 aliphatic heterocycles. The zero-order valence-corrected chi connectivity index (χ0v) is 14.8. The van der Waals surface area contributed by atoms with Gasteiger partial charge in [-0.2, -0.15) is 0 Å². The molecule has 2 aromatic carbocycles. The van der Waals surface area contributed by atoms with E-state index in [0.29, 0.717) is 11.4 Å². The Morgan fingerprint density at radius 1 is 1.15 bits per heavy atom. The lowest BCUT2D eigenvalue weighted by molar-refractivity contribution is 0.405. The first-order chi connectivity index (χ1) is 9.51. The van der Waals surface area contributed by atoms with Crippen LogP contribution in [0.1, 0.15) is 17.2 Å². The van der Waals surface area contributed by atoms with E-state index in [4.69, 9.17) is 22.1 Å². The Kier molecular flexibility index (Phi) is 5.49. The highest BCUT2D eigenvalue weighted by Crippen LogP contribution is 2.31. The molecule has 106 valence electrons. The third kappa shape index (κ3) is 3.76. The van der Waals surface area contributed by atoms with Gasteiger partial charge in [-0.25, -0.2) is 0 Å². The molecule has 0 saturated heterocycles. The monoisotopic (exact) mass is 417 g/mol. The molecule has 5 heteroatoms. The maximum Gasteiger partial charge on any atom is 0.124 e. The van der Waals surface area contributed by atoms with Gasteiger partial charge in [-0.05, 0) is 36.2 Å². The highest BCUT2D eigenvalue weighted by Gasteiger charge is 2.14. The van der Waals surface area contributed by atoms with Gasteiger partial charge in [0.05, 0.1) is 7.11 Å². The number of ether oxygens (including phenoxy) is 1. The fourth-order valence-electron chi connectivity index (χ4n) is 2.03. The lowest BCUT2D eigenvalue weighted by atomic mass is 9.99. The molecule has 2 nitrogen and oxygen atoms in total. The quantitative estimate of drug-likeness (QED) is 0.747. The van der Waals surface area contributed by atoms with Crippen LogP contribution in [0.3, 0.4) is 0 Å². The minimum Gasteiger partial charge on any atom is -0.496 e. The van der Waals surface area contributed by atoms with Gasteiger partial charge in [0.1, 0.15) is 5.75 Å². The molecule has 0 spiro atoms. The second-order valence-electron chi connectivity index (χ2n) is 4.43. The number of halogens is 3. The van der Waals surface area contributed by atoms with E-state index in [1.165, 1.54) is 0 Å². The molecule has 20 heavy (non-hydrogen) atoms. The van der Waals surface area contributed by atoms with Gasteiger partial charge in [-0.3, -0.25) is 0 Å². The van der Waals surface area contributed by atoms with Crippen LogP contribution in [0.4, 0.5) is 0 Å². The minimum absolute atomic E-state index is 0.170. The van der Waals surface area contributed by atoms with Crippen LogP contribution in [0.5, 0.6) is 5.75 Å². The lowest BCUT2D eigenvalue weighted by Gasteiger charge is -2.17. The zero-order chi connectivity index (χ0) is 14.7. The SMILES string of the molecule is COc1cc(Br)ccc1C(N)Cc1ccc(Br)cc1Cl. The van der Waals surface area contributed by atoms with Crippen molar-refractivity contribution in [3.63, 3.8) is 0 Å². The van der Waals surface area contributed by atoms with Gasteiger partial charge in [-0.1, -0.05) is 55.6 Å². The Morgan fingerprint density at radius 2 is 1.80 bits per heavy atom. The topological polar surface area (TPSA) is 35.2 Å². The molecule has 0 bridgehead atoms. The van der Waals surface area contributed by atoms with E-state index in [0.717, 1.165) is 25.8 Å². The Labute approximate surface area is 140 Å². The highest BCUT2D eigenvalue weighted by molar-refractivity contribution is 9.10. The van der Waals surface area contributed by atoms with Gasteiger partial charge in [0.25, 0.3) is 0 Å². The van der Waals surface area contributed by atoms with Crippen molar-refractivity contribution in [2.24, 2.45) is 5.73 Å². The molecular weight excluding hydrogens is 405 g/mol. The first-order valence-corrected chi connectivity index (χ1v) is 8.00. The van der Waals surface area contributed by atoms with Gasteiger partial charge in [0.2, 0.25) is 0 Å². The maximum atomic E-state index is 6.29. The second kappa shape index (κ2) is 6.94. The number of methoxy groups -OCH3 is 1. The summed E-state index contributed by atoms with van der Waals surface area (Å²) >= 11 is 13.1. The Morgan fingerprint density at radius 3 is 2.45 bits per heavy atom. The summed E-state index contributed by atoms with van der Waals surface area (Å²) in [5.74, 6) is 0.778. The van der Waals surface area contributed by atoms with Crippen LogP contribution < -0.4 is 10.5 Å².